The third-order valence-electron chi connectivity index (χ3n) is 1.73. The first kappa shape index (κ1) is 11.5. The molecule has 0 fully saturated rings. The zero-order valence-corrected chi connectivity index (χ0v) is 8.05. The topological polar surface area (TPSA) is 79.9 Å². The molecule has 0 saturated heterocycles. The third-order valence-corrected chi connectivity index (χ3v) is 1.73. The molecule has 0 aliphatic rings. The predicted octanol–water partition coefficient (Wildman–Crippen LogP) is 0.232. The van der Waals surface area contributed by atoms with Crippen LogP contribution >= 0.6 is 0 Å². The van der Waals surface area contributed by atoms with Crippen molar-refractivity contribution in [2.45, 2.75) is 12.2 Å². The summed E-state index contributed by atoms with van der Waals surface area (Å²) in [4.78, 5) is 10.9. The molecule has 5 nitrogen and oxygen atoms in total. The van der Waals surface area contributed by atoms with Gasteiger partial charge in [-0.25, -0.2) is 4.79 Å². The lowest BCUT2D eigenvalue weighted by molar-refractivity contribution is -0.218. The van der Waals surface area contributed by atoms with Crippen molar-refractivity contribution in [2.24, 2.45) is 0 Å². The lowest BCUT2D eigenvalue weighted by Gasteiger charge is -2.23. The van der Waals surface area contributed by atoms with E-state index in [9.17, 15) is 9.90 Å². The highest BCUT2D eigenvalue weighted by atomic mass is 16.7. The summed E-state index contributed by atoms with van der Waals surface area (Å²) in [6.45, 7) is 2.47. The van der Waals surface area contributed by atoms with Crippen LogP contribution in [0, 0.1) is 0 Å². The van der Waals surface area contributed by atoms with Gasteiger partial charge in [0.15, 0.2) is 0 Å². The minimum atomic E-state index is -1.97. The number of hydrogen-bond acceptors (Lipinski definition) is 5. The number of furan rings is 1. The fourth-order valence-corrected chi connectivity index (χ4v) is 1.04. The average Bonchev–Trinajstić information content (AvgIpc) is 2.70. The molecule has 0 aliphatic heterocycles. The summed E-state index contributed by atoms with van der Waals surface area (Å²) in [6, 6.07) is 3.23. The molecule has 0 saturated carbocycles. The molecular weight excluding hydrogens is 200 g/mol. The summed E-state index contributed by atoms with van der Waals surface area (Å²) in [7, 11) is 0. The van der Waals surface area contributed by atoms with Gasteiger partial charge >= 0.3 is 5.97 Å². The molecule has 1 atom stereocenters. The zero-order chi connectivity index (χ0) is 11.3. The van der Waals surface area contributed by atoms with Crippen molar-refractivity contribution in [1.82, 2.24) is 0 Å². The predicted molar refractivity (Wildman–Crippen MR) is 50.7 cm³/mol. The Kier molecular flexibility index (Phi) is 3.65. The maximum Gasteiger partial charge on any atom is 0.332 e. The molecule has 0 aliphatic carbocycles. The molecule has 0 aromatic carbocycles. The van der Waals surface area contributed by atoms with Gasteiger partial charge in [-0.1, -0.05) is 6.58 Å². The van der Waals surface area contributed by atoms with Gasteiger partial charge in [0, 0.05) is 6.08 Å². The molecule has 1 aromatic heterocycles. The normalized spacial score (nSPS) is 14.3. The van der Waals surface area contributed by atoms with E-state index in [1.54, 1.807) is 12.1 Å². The summed E-state index contributed by atoms with van der Waals surface area (Å²) in [5.74, 6) is -2.37. The Bertz CT molecular complexity index is 330. The van der Waals surface area contributed by atoms with Gasteiger partial charge in [0.05, 0.1) is 12.7 Å². The first-order valence-corrected chi connectivity index (χ1v) is 4.30. The van der Waals surface area contributed by atoms with Crippen LogP contribution < -0.4 is 0 Å². The van der Waals surface area contributed by atoms with E-state index in [2.05, 4.69) is 11.3 Å². The van der Waals surface area contributed by atoms with Crippen LogP contribution in [0.5, 0.6) is 0 Å². The van der Waals surface area contributed by atoms with E-state index < -0.39 is 18.4 Å². The Balaban J connectivity index is 2.67. The number of carbonyl (C=O) groups is 1. The van der Waals surface area contributed by atoms with Crippen LogP contribution in [0.4, 0.5) is 0 Å². The Morgan fingerprint density at radius 3 is 2.93 bits per heavy atom. The van der Waals surface area contributed by atoms with E-state index in [1.165, 1.54) is 6.26 Å². The summed E-state index contributed by atoms with van der Waals surface area (Å²) in [5, 5.41) is 18.6. The van der Waals surface area contributed by atoms with Crippen molar-refractivity contribution in [3.8, 4) is 0 Å². The smallest absolute Gasteiger partial charge is 0.332 e. The average molecular weight is 212 g/mol. The molecule has 0 bridgehead atoms. The summed E-state index contributed by atoms with van der Waals surface area (Å²) >= 11 is 0. The second-order valence-electron chi connectivity index (χ2n) is 2.99. The minimum absolute atomic E-state index is 0.115. The van der Waals surface area contributed by atoms with Gasteiger partial charge in [0.2, 0.25) is 5.79 Å². The monoisotopic (exact) mass is 212 g/mol. The highest BCUT2D eigenvalue weighted by molar-refractivity contribution is 5.81. The van der Waals surface area contributed by atoms with Crippen LogP contribution in [-0.4, -0.2) is 28.6 Å². The van der Waals surface area contributed by atoms with E-state index >= 15 is 0 Å². The molecule has 82 valence electrons. The second-order valence-corrected chi connectivity index (χ2v) is 2.99. The Morgan fingerprint density at radius 2 is 2.47 bits per heavy atom. The van der Waals surface area contributed by atoms with Gasteiger partial charge < -0.3 is 19.4 Å². The fourth-order valence-electron chi connectivity index (χ4n) is 1.04. The van der Waals surface area contributed by atoms with Crippen LogP contribution in [0.25, 0.3) is 0 Å². The van der Waals surface area contributed by atoms with E-state index in [1.807, 2.05) is 0 Å². The number of carbonyl (C=O) groups excluding carboxylic acids is 1. The van der Waals surface area contributed by atoms with Crippen LogP contribution in [0.15, 0.2) is 35.5 Å². The molecule has 1 aromatic rings. The number of aliphatic hydroxyl groups excluding tert-OH is 1. The standard InChI is InChI=1S/C10H12O5/c1-2-9(12)15-10(13,7-11)6-8-4-3-5-14-8/h2-5,11,13H,1,6-7H2. The van der Waals surface area contributed by atoms with Crippen molar-refractivity contribution >= 4 is 5.97 Å². The quantitative estimate of drug-likeness (QED) is 0.415. The zero-order valence-electron chi connectivity index (χ0n) is 8.05. The van der Waals surface area contributed by atoms with Gasteiger partial charge in [-0.05, 0) is 12.1 Å². The van der Waals surface area contributed by atoms with Crippen LogP contribution in [-0.2, 0) is 16.0 Å². The van der Waals surface area contributed by atoms with Crippen LogP contribution in [0.2, 0.25) is 0 Å². The van der Waals surface area contributed by atoms with Crippen molar-refractivity contribution in [1.29, 1.82) is 0 Å². The van der Waals surface area contributed by atoms with Crippen molar-refractivity contribution in [2.75, 3.05) is 6.61 Å². The minimum Gasteiger partial charge on any atom is -0.469 e. The van der Waals surface area contributed by atoms with Crippen molar-refractivity contribution in [3.63, 3.8) is 0 Å². The van der Waals surface area contributed by atoms with Gasteiger partial charge in [-0.15, -0.1) is 0 Å². The molecule has 1 rings (SSSR count). The maximum absolute atomic E-state index is 10.9. The maximum atomic E-state index is 10.9. The Hall–Kier alpha value is -1.59. The van der Waals surface area contributed by atoms with Gasteiger partial charge in [0.25, 0.3) is 0 Å². The third kappa shape index (κ3) is 3.23. The number of hydrogen-bond donors (Lipinski definition) is 2. The Morgan fingerprint density at radius 1 is 1.73 bits per heavy atom. The highest BCUT2D eigenvalue weighted by Crippen LogP contribution is 2.15. The van der Waals surface area contributed by atoms with Crippen molar-refractivity contribution in [3.05, 3.63) is 36.8 Å². The molecule has 0 radical (unpaired) electrons. The molecule has 0 spiro atoms. The first-order valence-electron chi connectivity index (χ1n) is 4.30. The molecule has 5 heteroatoms. The lowest BCUT2D eigenvalue weighted by Crippen LogP contribution is -2.40. The highest BCUT2D eigenvalue weighted by Gasteiger charge is 2.31. The van der Waals surface area contributed by atoms with Crippen LogP contribution in [0.3, 0.4) is 0 Å². The molecule has 2 N–H and O–H groups in total. The summed E-state index contributed by atoms with van der Waals surface area (Å²) in [5.41, 5.74) is 0. The summed E-state index contributed by atoms with van der Waals surface area (Å²) < 4.78 is 9.56. The molecule has 1 unspecified atom stereocenters. The largest absolute Gasteiger partial charge is 0.469 e. The van der Waals surface area contributed by atoms with Crippen LogP contribution in [0.1, 0.15) is 5.76 Å². The number of ether oxygens (including phenoxy) is 1. The SMILES string of the molecule is C=CC(=O)OC(O)(CO)Cc1ccco1. The Labute approximate surface area is 86.6 Å². The van der Waals surface area contributed by atoms with E-state index in [0.717, 1.165) is 6.08 Å². The second kappa shape index (κ2) is 4.77. The van der Waals surface area contributed by atoms with Gasteiger partial charge in [-0.2, -0.15) is 0 Å². The molecule has 0 amide bonds. The van der Waals surface area contributed by atoms with E-state index in [0.29, 0.717) is 5.76 Å². The van der Waals surface area contributed by atoms with E-state index in [-0.39, 0.29) is 6.42 Å². The molecule has 15 heavy (non-hydrogen) atoms. The lowest BCUT2D eigenvalue weighted by atomic mass is 10.1. The van der Waals surface area contributed by atoms with Gasteiger partial charge in [0.1, 0.15) is 12.4 Å². The van der Waals surface area contributed by atoms with Gasteiger partial charge in [-0.3, -0.25) is 0 Å². The first-order chi connectivity index (χ1) is 7.09. The molecule has 1 heterocycles. The number of esters is 1. The molecular formula is C10H12O5. The number of aliphatic hydroxyl groups is 2. The number of rotatable bonds is 5. The fraction of sp³-hybridized carbons (Fsp3) is 0.300. The summed E-state index contributed by atoms with van der Waals surface area (Å²) in [6.07, 6.45) is 2.21. The van der Waals surface area contributed by atoms with Crippen molar-refractivity contribution < 1.29 is 24.2 Å². The van der Waals surface area contributed by atoms with E-state index in [4.69, 9.17) is 9.52 Å².